The van der Waals surface area contributed by atoms with Gasteiger partial charge in [0, 0.05) is 19.3 Å². The van der Waals surface area contributed by atoms with E-state index in [0.717, 1.165) is 89.9 Å². The Morgan fingerprint density at radius 2 is 0.476 bits per heavy atom. The minimum Gasteiger partial charge on any atom is -0.462 e. The van der Waals surface area contributed by atoms with Gasteiger partial charge in [0.15, 0.2) is 6.10 Å². The largest absolute Gasteiger partial charge is 0.462 e. The maximum Gasteiger partial charge on any atom is 0.306 e. The van der Waals surface area contributed by atoms with Gasteiger partial charge in [0.2, 0.25) is 0 Å². The van der Waals surface area contributed by atoms with Crippen molar-refractivity contribution in [1.82, 2.24) is 0 Å². The van der Waals surface area contributed by atoms with E-state index in [9.17, 15) is 14.4 Å². The Kier molecular flexibility index (Phi) is 68.6. The van der Waals surface area contributed by atoms with Crippen molar-refractivity contribution in [3.63, 3.8) is 0 Å². The fourth-order valence-electron chi connectivity index (χ4n) is 11.1. The normalized spacial score (nSPS) is 12.3. The second kappa shape index (κ2) is 70.9. The van der Waals surface area contributed by atoms with Gasteiger partial charge in [0.1, 0.15) is 13.2 Å². The average molecular weight is 1150 g/mol. The summed E-state index contributed by atoms with van der Waals surface area (Å²) >= 11 is 0. The molecule has 480 valence electrons. The third-order valence-electron chi connectivity index (χ3n) is 16.6. The van der Waals surface area contributed by atoms with E-state index in [1.165, 1.54) is 270 Å². The number of ether oxygens (including phenoxy) is 3. The van der Waals surface area contributed by atoms with Crippen LogP contribution in [0.4, 0.5) is 0 Å². The van der Waals surface area contributed by atoms with E-state index in [1.54, 1.807) is 0 Å². The summed E-state index contributed by atoms with van der Waals surface area (Å²) in [7, 11) is 0. The Morgan fingerprint density at radius 1 is 0.256 bits per heavy atom. The number of allylic oxidation sites excluding steroid dienone is 8. The van der Waals surface area contributed by atoms with Gasteiger partial charge in [-0.2, -0.15) is 0 Å². The van der Waals surface area contributed by atoms with Gasteiger partial charge in [-0.05, 0) is 57.8 Å². The van der Waals surface area contributed by atoms with Crippen LogP contribution >= 0.6 is 0 Å². The molecule has 0 radical (unpaired) electrons. The quantitative estimate of drug-likeness (QED) is 0.0261. The maximum atomic E-state index is 13.0. The second-order valence-electron chi connectivity index (χ2n) is 24.8. The number of carbonyl (C=O) groups excluding carboxylic acids is 3. The van der Waals surface area contributed by atoms with E-state index in [0.29, 0.717) is 19.3 Å². The van der Waals surface area contributed by atoms with E-state index in [4.69, 9.17) is 14.2 Å². The minimum atomic E-state index is -0.778. The van der Waals surface area contributed by atoms with Gasteiger partial charge in [-0.25, -0.2) is 0 Å². The summed E-state index contributed by atoms with van der Waals surface area (Å²) in [6.07, 6.45) is 90.0. The Bertz CT molecular complexity index is 1410. The molecule has 0 spiro atoms. The first-order valence-electron chi connectivity index (χ1n) is 36.6. The van der Waals surface area contributed by atoms with Gasteiger partial charge < -0.3 is 14.2 Å². The number of hydrogen-bond donors (Lipinski definition) is 0. The van der Waals surface area contributed by atoms with Crippen molar-refractivity contribution in [2.45, 2.75) is 406 Å². The number of unbranched alkanes of at least 4 members (excludes halogenated alkanes) is 49. The van der Waals surface area contributed by atoms with Crippen molar-refractivity contribution in [3.8, 4) is 0 Å². The lowest BCUT2D eigenvalue weighted by Gasteiger charge is -2.18. The molecule has 1 atom stereocenters. The summed E-state index contributed by atoms with van der Waals surface area (Å²) in [5.74, 6) is -0.854. The highest BCUT2D eigenvalue weighted by molar-refractivity contribution is 5.71. The first kappa shape index (κ1) is 79.4. The first-order chi connectivity index (χ1) is 40.5. The summed E-state index contributed by atoms with van der Waals surface area (Å²) in [4.78, 5) is 38.5. The molecule has 0 heterocycles. The number of carbonyl (C=O) groups is 3. The lowest BCUT2D eigenvalue weighted by molar-refractivity contribution is -0.167. The lowest BCUT2D eigenvalue weighted by Crippen LogP contribution is -2.30. The maximum absolute atomic E-state index is 13.0. The van der Waals surface area contributed by atoms with Crippen molar-refractivity contribution in [2.75, 3.05) is 13.2 Å². The molecule has 0 fully saturated rings. The van der Waals surface area contributed by atoms with Crippen LogP contribution in [0.1, 0.15) is 400 Å². The Morgan fingerprint density at radius 3 is 0.744 bits per heavy atom. The molecule has 0 saturated heterocycles. The van der Waals surface area contributed by atoms with Crippen molar-refractivity contribution in [3.05, 3.63) is 48.6 Å². The zero-order chi connectivity index (χ0) is 59.2. The summed E-state index contributed by atoms with van der Waals surface area (Å²) in [5.41, 5.74) is 0. The Hall–Kier alpha value is -2.63. The van der Waals surface area contributed by atoms with Crippen LogP contribution in [0.3, 0.4) is 0 Å². The molecule has 1 unspecified atom stereocenters. The molecule has 0 aliphatic carbocycles. The van der Waals surface area contributed by atoms with Crippen molar-refractivity contribution in [1.29, 1.82) is 0 Å². The first-order valence-corrected chi connectivity index (χ1v) is 36.6. The number of rotatable bonds is 68. The zero-order valence-corrected chi connectivity index (χ0v) is 55.3. The van der Waals surface area contributed by atoms with Crippen LogP contribution in [0.5, 0.6) is 0 Å². The van der Waals surface area contributed by atoms with Crippen LogP contribution in [-0.2, 0) is 28.6 Å². The molecule has 0 aromatic heterocycles. The predicted molar refractivity (Wildman–Crippen MR) is 358 cm³/mol. The molecule has 6 nitrogen and oxygen atoms in total. The summed E-state index contributed by atoms with van der Waals surface area (Å²) < 4.78 is 17.0. The molecule has 0 aliphatic heterocycles. The smallest absolute Gasteiger partial charge is 0.306 e. The fraction of sp³-hybridized carbons (Fsp3) is 0.855. The second-order valence-corrected chi connectivity index (χ2v) is 24.8. The van der Waals surface area contributed by atoms with Crippen molar-refractivity contribution in [2.24, 2.45) is 0 Å². The topological polar surface area (TPSA) is 78.9 Å². The molecule has 0 N–H and O–H groups in total. The van der Waals surface area contributed by atoms with Crippen LogP contribution in [0.2, 0.25) is 0 Å². The summed E-state index contributed by atoms with van der Waals surface area (Å²) in [6.45, 7) is 6.60. The van der Waals surface area contributed by atoms with Crippen LogP contribution < -0.4 is 0 Å². The summed E-state index contributed by atoms with van der Waals surface area (Å²) in [5, 5.41) is 0. The third kappa shape index (κ3) is 68.2. The van der Waals surface area contributed by atoms with Crippen LogP contribution in [0.25, 0.3) is 0 Å². The Labute approximate surface area is 511 Å². The van der Waals surface area contributed by atoms with Crippen molar-refractivity contribution >= 4 is 17.9 Å². The molecule has 0 bridgehead atoms. The highest BCUT2D eigenvalue weighted by Crippen LogP contribution is 2.19. The molecular weight excluding hydrogens is 1010 g/mol. The number of esters is 3. The van der Waals surface area contributed by atoms with Gasteiger partial charge in [-0.15, -0.1) is 0 Å². The highest BCUT2D eigenvalue weighted by atomic mass is 16.6. The van der Waals surface area contributed by atoms with Crippen LogP contribution in [0, 0.1) is 0 Å². The Balaban J connectivity index is 4.31. The van der Waals surface area contributed by atoms with E-state index >= 15 is 0 Å². The molecular formula is C76H140O6. The zero-order valence-electron chi connectivity index (χ0n) is 55.3. The van der Waals surface area contributed by atoms with Gasteiger partial charge in [0.25, 0.3) is 0 Å². The molecule has 0 amide bonds. The van der Waals surface area contributed by atoms with Gasteiger partial charge in [-0.3, -0.25) is 14.4 Å². The molecule has 0 saturated carbocycles. The highest BCUT2D eigenvalue weighted by Gasteiger charge is 2.19. The fourth-order valence-corrected chi connectivity index (χ4v) is 11.1. The standard InChI is InChI=1S/C76H140O6/c1-4-7-10-13-16-19-22-25-28-31-34-36-37-38-40-42-45-48-51-54-57-60-63-66-69-75(78)81-72-73(71-80-74(77)68-65-62-59-56-53-50-47-44-41-33-30-27-24-21-18-15-12-9-6-3)82-76(79)70-67-64-61-58-55-52-49-46-43-39-35-32-29-26-23-20-17-14-11-8-5-2/h9,12,18,21,27,30,41,44,73H,4-8,10-11,13-17,19-20,22-26,28-29,31-40,42-43,45-72H2,1-3H3/b12-9-,21-18-,30-27-,44-41-. The molecule has 0 aliphatic rings. The predicted octanol–water partition coefficient (Wildman–Crippen LogP) is 25.3. The SMILES string of the molecule is CC/C=C\C/C=C\C/C=C\C/C=C\CCCCCCCCC(=O)OCC(COC(=O)CCCCCCCCCCCCCCCCCCCCCCCCCC)OC(=O)CCCCCCCCCCCCCCCCCCCCCCC. The number of hydrogen-bond acceptors (Lipinski definition) is 6. The van der Waals surface area contributed by atoms with E-state index in [2.05, 4.69) is 69.4 Å². The van der Waals surface area contributed by atoms with Crippen LogP contribution in [-0.4, -0.2) is 37.2 Å². The summed E-state index contributed by atoms with van der Waals surface area (Å²) in [6, 6.07) is 0. The molecule has 82 heavy (non-hydrogen) atoms. The van der Waals surface area contributed by atoms with Crippen LogP contribution in [0.15, 0.2) is 48.6 Å². The molecule has 6 heteroatoms. The van der Waals surface area contributed by atoms with E-state index < -0.39 is 6.10 Å². The average Bonchev–Trinajstić information content (AvgIpc) is 3.47. The molecule has 0 aromatic rings. The van der Waals surface area contributed by atoms with E-state index in [-0.39, 0.29) is 31.1 Å². The van der Waals surface area contributed by atoms with Crippen molar-refractivity contribution < 1.29 is 28.6 Å². The molecule has 0 aromatic carbocycles. The monoisotopic (exact) mass is 1150 g/mol. The lowest BCUT2D eigenvalue weighted by atomic mass is 10.0. The van der Waals surface area contributed by atoms with Gasteiger partial charge >= 0.3 is 17.9 Å². The van der Waals surface area contributed by atoms with Gasteiger partial charge in [0.05, 0.1) is 0 Å². The minimum absolute atomic E-state index is 0.0719. The van der Waals surface area contributed by atoms with E-state index in [1.807, 2.05) is 0 Å². The van der Waals surface area contributed by atoms with Gasteiger partial charge in [-0.1, -0.05) is 371 Å². The third-order valence-corrected chi connectivity index (χ3v) is 16.6. The molecule has 0 rings (SSSR count).